The lowest BCUT2D eigenvalue weighted by Gasteiger charge is -2.27. The molecule has 24 heavy (non-hydrogen) atoms. The number of anilines is 1. The molecule has 0 aromatic carbocycles. The minimum absolute atomic E-state index is 0.194. The van der Waals surface area contributed by atoms with Gasteiger partial charge in [-0.2, -0.15) is 0 Å². The van der Waals surface area contributed by atoms with E-state index in [9.17, 15) is 9.90 Å². The summed E-state index contributed by atoms with van der Waals surface area (Å²) in [5, 5.41) is 17.7. The van der Waals surface area contributed by atoms with E-state index in [2.05, 4.69) is 20.6 Å². The van der Waals surface area contributed by atoms with E-state index in [-0.39, 0.29) is 18.7 Å². The van der Waals surface area contributed by atoms with Crippen LogP contribution in [0.25, 0.3) is 11.3 Å². The smallest absolute Gasteiger partial charge is 0.321 e. The highest BCUT2D eigenvalue weighted by molar-refractivity contribution is 7.14. The largest absolute Gasteiger partial charge is 0.396 e. The number of pyridine rings is 1. The number of urea groups is 1. The number of rotatable bonds is 4. The monoisotopic (exact) mass is 344 g/mol. The van der Waals surface area contributed by atoms with E-state index in [1.165, 1.54) is 11.3 Å². The first-order valence-corrected chi connectivity index (χ1v) is 9.15. The average molecular weight is 344 g/mol. The Balaban J connectivity index is 1.34. The molecular weight excluding hydrogens is 324 g/mol. The van der Waals surface area contributed by atoms with E-state index in [1.807, 2.05) is 17.5 Å². The third-order valence-corrected chi connectivity index (χ3v) is 5.99. The molecule has 2 fully saturated rings. The highest BCUT2D eigenvalue weighted by Gasteiger charge is 2.45. The Bertz CT molecular complexity index is 720. The lowest BCUT2D eigenvalue weighted by Crippen LogP contribution is -2.42. The number of nitrogens with one attached hydrogen (secondary N) is 2. The van der Waals surface area contributed by atoms with E-state index >= 15 is 0 Å². The van der Waals surface area contributed by atoms with Gasteiger partial charge in [-0.25, -0.2) is 9.78 Å². The zero-order chi connectivity index (χ0) is 16.5. The van der Waals surface area contributed by atoms with Crippen LogP contribution in [-0.2, 0) is 0 Å². The van der Waals surface area contributed by atoms with Crippen LogP contribution in [0, 0.1) is 17.8 Å². The molecule has 7 heteroatoms. The second kappa shape index (κ2) is 6.49. The van der Waals surface area contributed by atoms with E-state index < -0.39 is 0 Å². The molecule has 4 atom stereocenters. The summed E-state index contributed by atoms with van der Waals surface area (Å²) in [6, 6.07) is 3.83. The van der Waals surface area contributed by atoms with Gasteiger partial charge in [-0.1, -0.05) is 0 Å². The van der Waals surface area contributed by atoms with Crippen molar-refractivity contribution in [1.29, 1.82) is 0 Å². The minimum Gasteiger partial charge on any atom is -0.396 e. The number of aliphatic hydroxyl groups is 1. The summed E-state index contributed by atoms with van der Waals surface area (Å²) in [4.78, 5) is 20.7. The topological polar surface area (TPSA) is 87.1 Å². The van der Waals surface area contributed by atoms with Gasteiger partial charge in [-0.15, -0.1) is 11.3 Å². The number of carbonyl (C=O) groups is 1. The van der Waals surface area contributed by atoms with Crippen LogP contribution >= 0.6 is 11.3 Å². The van der Waals surface area contributed by atoms with Crippen LogP contribution in [0.5, 0.6) is 0 Å². The lowest BCUT2D eigenvalue weighted by atomic mass is 9.86. The SMILES string of the molecule is O=C(Nc1nc(-c2cccnc2)cs1)N[C@@H]1C[C@H]2C[C@@H]1C[C@H]2CO. The van der Waals surface area contributed by atoms with Gasteiger partial charge in [0.2, 0.25) is 0 Å². The number of hydrogen-bond acceptors (Lipinski definition) is 5. The van der Waals surface area contributed by atoms with E-state index in [1.54, 1.807) is 12.4 Å². The number of nitrogens with zero attached hydrogens (tertiary/aromatic N) is 2. The molecule has 2 aliphatic rings. The molecule has 2 aliphatic carbocycles. The molecule has 0 aliphatic heterocycles. The van der Waals surface area contributed by atoms with Gasteiger partial charge >= 0.3 is 6.03 Å². The number of thiazole rings is 1. The van der Waals surface area contributed by atoms with Crippen molar-refractivity contribution in [2.75, 3.05) is 11.9 Å². The van der Waals surface area contributed by atoms with Gasteiger partial charge in [-0.05, 0) is 49.1 Å². The van der Waals surface area contributed by atoms with E-state index in [0.717, 1.165) is 30.5 Å². The Morgan fingerprint density at radius 1 is 1.33 bits per heavy atom. The zero-order valence-electron chi connectivity index (χ0n) is 13.2. The molecule has 6 nitrogen and oxygen atoms in total. The predicted octanol–water partition coefficient (Wildman–Crippen LogP) is 2.73. The molecule has 4 rings (SSSR count). The van der Waals surface area contributed by atoms with Gasteiger partial charge in [0, 0.05) is 36.0 Å². The fourth-order valence-corrected chi connectivity index (χ4v) is 4.79. The molecule has 126 valence electrons. The molecule has 2 saturated carbocycles. The van der Waals surface area contributed by atoms with Gasteiger partial charge in [-0.3, -0.25) is 10.3 Å². The first-order chi connectivity index (χ1) is 11.7. The van der Waals surface area contributed by atoms with E-state index in [4.69, 9.17) is 0 Å². The first kappa shape index (κ1) is 15.5. The maximum atomic E-state index is 12.2. The molecule has 0 radical (unpaired) electrons. The number of aliphatic hydroxyl groups excluding tert-OH is 1. The quantitative estimate of drug-likeness (QED) is 0.796. The fourth-order valence-electron chi connectivity index (χ4n) is 4.07. The van der Waals surface area contributed by atoms with Crippen molar-refractivity contribution >= 4 is 22.5 Å². The fraction of sp³-hybridized carbons (Fsp3) is 0.471. The number of aromatic nitrogens is 2. The van der Waals surface area contributed by atoms with Gasteiger partial charge < -0.3 is 10.4 Å². The second-order valence-electron chi connectivity index (χ2n) is 6.65. The van der Waals surface area contributed by atoms with Crippen LogP contribution in [0.2, 0.25) is 0 Å². The molecule has 0 unspecified atom stereocenters. The van der Waals surface area contributed by atoms with Gasteiger partial charge in [0.05, 0.1) is 5.69 Å². The average Bonchev–Trinajstić information content (AvgIpc) is 3.30. The first-order valence-electron chi connectivity index (χ1n) is 8.27. The molecule has 0 spiro atoms. The van der Waals surface area contributed by atoms with Crippen molar-refractivity contribution in [2.45, 2.75) is 25.3 Å². The van der Waals surface area contributed by atoms with Crippen LogP contribution in [0.4, 0.5) is 9.93 Å². The second-order valence-corrected chi connectivity index (χ2v) is 7.51. The summed E-state index contributed by atoms with van der Waals surface area (Å²) < 4.78 is 0. The molecule has 2 heterocycles. The Morgan fingerprint density at radius 2 is 2.25 bits per heavy atom. The third kappa shape index (κ3) is 3.01. The molecule has 0 saturated heterocycles. The molecular formula is C17H20N4O2S. The van der Waals surface area contributed by atoms with Crippen molar-refractivity contribution in [3.8, 4) is 11.3 Å². The van der Waals surface area contributed by atoms with Crippen LogP contribution in [0.1, 0.15) is 19.3 Å². The summed E-state index contributed by atoms with van der Waals surface area (Å²) in [6.07, 6.45) is 6.60. The van der Waals surface area contributed by atoms with Gasteiger partial charge in [0.1, 0.15) is 0 Å². The van der Waals surface area contributed by atoms with Gasteiger partial charge in [0.15, 0.2) is 5.13 Å². The van der Waals surface area contributed by atoms with Crippen molar-refractivity contribution in [1.82, 2.24) is 15.3 Å². The molecule has 3 N–H and O–H groups in total. The summed E-state index contributed by atoms with van der Waals surface area (Å²) in [6.45, 7) is 0.274. The minimum atomic E-state index is -0.194. The highest BCUT2D eigenvalue weighted by Crippen LogP contribution is 2.48. The van der Waals surface area contributed by atoms with Crippen LogP contribution in [0.3, 0.4) is 0 Å². The summed E-state index contributed by atoms with van der Waals surface area (Å²) in [5.41, 5.74) is 1.75. The van der Waals surface area contributed by atoms with Crippen LogP contribution in [0.15, 0.2) is 29.9 Å². The van der Waals surface area contributed by atoms with Crippen LogP contribution in [-0.4, -0.2) is 33.8 Å². The Morgan fingerprint density at radius 3 is 2.96 bits per heavy atom. The van der Waals surface area contributed by atoms with E-state index in [0.29, 0.717) is 22.9 Å². The Hall–Kier alpha value is -1.99. The Labute approximate surface area is 144 Å². The third-order valence-electron chi connectivity index (χ3n) is 5.24. The summed E-state index contributed by atoms with van der Waals surface area (Å²) in [7, 11) is 0. The van der Waals surface area contributed by atoms with Crippen molar-refractivity contribution in [3.63, 3.8) is 0 Å². The lowest BCUT2D eigenvalue weighted by molar-refractivity contribution is 0.165. The molecule has 2 aromatic heterocycles. The highest BCUT2D eigenvalue weighted by atomic mass is 32.1. The van der Waals surface area contributed by atoms with Crippen molar-refractivity contribution < 1.29 is 9.90 Å². The number of amides is 2. The Kier molecular flexibility index (Phi) is 4.20. The van der Waals surface area contributed by atoms with Crippen molar-refractivity contribution in [2.24, 2.45) is 17.8 Å². The van der Waals surface area contributed by atoms with Crippen LogP contribution < -0.4 is 10.6 Å². The zero-order valence-corrected chi connectivity index (χ0v) is 14.0. The predicted molar refractivity (Wildman–Crippen MR) is 92.7 cm³/mol. The molecule has 2 aromatic rings. The maximum absolute atomic E-state index is 12.2. The molecule has 2 bridgehead atoms. The normalized spacial score (nSPS) is 28.0. The number of fused-ring (bicyclic) bond motifs is 2. The summed E-state index contributed by atoms with van der Waals surface area (Å²) in [5.74, 6) is 1.49. The maximum Gasteiger partial charge on any atom is 0.321 e. The van der Waals surface area contributed by atoms with Crippen molar-refractivity contribution in [3.05, 3.63) is 29.9 Å². The molecule has 2 amide bonds. The summed E-state index contributed by atoms with van der Waals surface area (Å²) >= 11 is 1.41. The number of carbonyl (C=O) groups excluding carboxylic acids is 1. The number of hydrogen-bond donors (Lipinski definition) is 3. The van der Waals surface area contributed by atoms with Gasteiger partial charge in [0.25, 0.3) is 0 Å². The standard InChI is InChI=1S/C17H20N4O2S/c22-8-13-5-12-4-11(13)6-14(12)19-16(23)21-17-20-15(9-24-17)10-2-1-3-18-7-10/h1-3,7,9,11-14,22H,4-6,8H2,(H2,19,20,21,23)/t11-,12-,13+,14-/m1/s1.